The van der Waals surface area contributed by atoms with Crippen molar-refractivity contribution in [1.29, 1.82) is 0 Å². The second-order valence-electron chi connectivity index (χ2n) is 6.39. The first-order valence-electron chi connectivity index (χ1n) is 8.76. The molecule has 0 N–H and O–H groups in total. The van der Waals surface area contributed by atoms with Crippen LogP contribution in [0.15, 0.2) is 54.6 Å². The SMILES string of the molecule is CCc1ccc(-c2ccc(-c3ccc(OCC(F)(F)F)c(F)c3F)c(F)c2)cc1. The molecule has 0 aliphatic heterocycles. The average molecular weight is 410 g/mol. The summed E-state index contributed by atoms with van der Waals surface area (Å²) in [5.41, 5.74) is 1.82. The molecule has 0 atom stereocenters. The van der Waals surface area contributed by atoms with Gasteiger partial charge in [0, 0.05) is 11.1 Å². The van der Waals surface area contributed by atoms with Gasteiger partial charge >= 0.3 is 6.18 Å². The average Bonchev–Trinajstić information content (AvgIpc) is 2.69. The molecule has 0 amide bonds. The van der Waals surface area contributed by atoms with Gasteiger partial charge in [-0.05, 0) is 41.3 Å². The van der Waals surface area contributed by atoms with E-state index in [4.69, 9.17) is 0 Å². The van der Waals surface area contributed by atoms with Gasteiger partial charge in [-0.25, -0.2) is 8.78 Å². The molecular weight excluding hydrogens is 394 g/mol. The molecule has 0 saturated carbocycles. The third-order valence-electron chi connectivity index (χ3n) is 4.39. The standard InChI is InChI=1S/C22H16F6O/c1-2-13-3-5-14(6-4-13)15-7-8-16(18(23)11-15)17-9-10-19(21(25)20(17)24)29-12-22(26,27)28/h3-11H,2,12H2,1H3. The molecule has 0 radical (unpaired) electrons. The van der Waals surface area contributed by atoms with Crippen LogP contribution in [-0.2, 0) is 6.42 Å². The number of halogens is 6. The third-order valence-corrected chi connectivity index (χ3v) is 4.39. The molecule has 3 aromatic rings. The van der Waals surface area contributed by atoms with Gasteiger partial charge < -0.3 is 4.74 Å². The van der Waals surface area contributed by atoms with Crippen LogP contribution in [0.1, 0.15) is 12.5 Å². The lowest BCUT2D eigenvalue weighted by molar-refractivity contribution is -0.153. The summed E-state index contributed by atoms with van der Waals surface area (Å²) in [6, 6.07) is 13.4. The van der Waals surface area contributed by atoms with E-state index in [2.05, 4.69) is 4.74 Å². The Bertz CT molecular complexity index is 1010. The number of benzene rings is 3. The van der Waals surface area contributed by atoms with E-state index in [9.17, 15) is 26.3 Å². The minimum Gasteiger partial charge on any atom is -0.481 e. The molecule has 0 spiro atoms. The Morgan fingerprint density at radius 2 is 1.38 bits per heavy atom. The monoisotopic (exact) mass is 410 g/mol. The first-order valence-corrected chi connectivity index (χ1v) is 8.76. The van der Waals surface area contributed by atoms with Gasteiger partial charge in [0.25, 0.3) is 0 Å². The molecule has 0 aromatic heterocycles. The Balaban J connectivity index is 1.91. The van der Waals surface area contributed by atoms with Crippen molar-refractivity contribution in [1.82, 2.24) is 0 Å². The predicted octanol–water partition coefficient (Wildman–Crippen LogP) is 6.94. The molecule has 0 unspecified atom stereocenters. The maximum absolute atomic E-state index is 14.6. The summed E-state index contributed by atoms with van der Waals surface area (Å²) in [5, 5.41) is 0. The lowest BCUT2D eigenvalue weighted by atomic mass is 9.98. The zero-order valence-electron chi connectivity index (χ0n) is 15.3. The molecule has 7 heteroatoms. The van der Waals surface area contributed by atoms with Gasteiger partial charge in [-0.2, -0.15) is 17.6 Å². The van der Waals surface area contributed by atoms with Crippen LogP contribution in [0.3, 0.4) is 0 Å². The van der Waals surface area contributed by atoms with E-state index in [0.29, 0.717) is 5.56 Å². The number of rotatable bonds is 5. The quantitative estimate of drug-likeness (QED) is 0.414. The second-order valence-corrected chi connectivity index (χ2v) is 6.39. The van der Waals surface area contributed by atoms with Crippen LogP contribution in [0, 0.1) is 17.5 Å². The fourth-order valence-corrected chi connectivity index (χ4v) is 2.86. The van der Waals surface area contributed by atoms with Crippen molar-refractivity contribution >= 4 is 0 Å². The minimum atomic E-state index is -4.70. The second kappa shape index (κ2) is 8.19. The molecule has 0 heterocycles. The van der Waals surface area contributed by atoms with Gasteiger partial charge in [0.2, 0.25) is 5.82 Å². The molecule has 0 fully saturated rings. The predicted molar refractivity (Wildman–Crippen MR) is 98.1 cm³/mol. The smallest absolute Gasteiger partial charge is 0.422 e. The van der Waals surface area contributed by atoms with Crippen molar-refractivity contribution < 1.29 is 31.1 Å². The highest BCUT2D eigenvalue weighted by molar-refractivity contribution is 5.72. The van der Waals surface area contributed by atoms with Gasteiger partial charge in [-0.15, -0.1) is 0 Å². The molecule has 0 bridgehead atoms. The van der Waals surface area contributed by atoms with E-state index in [0.717, 1.165) is 29.7 Å². The van der Waals surface area contributed by atoms with Crippen LogP contribution < -0.4 is 4.74 Å². The molecular formula is C22H16F6O. The molecule has 29 heavy (non-hydrogen) atoms. The Hall–Kier alpha value is -2.96. The third kappa shape index (κ3) is 4.72. The molecule has 0 saturated heterocycles. The lowest BCUT2D eigenvalue weighted by Crippen LogP contribution is -2.19. The van der Waals surface area contributed by atoms with Crippen molar-refractivity contribution in [2.24, 2.45) is 0 Å². The van der Waals surface area contributed by atoms with Gasteiger partial charge in [0.1, 0.15) is 5.82 Å². The zero-order valence-corrected chi connectivity index (χ0v) is 15.3. The van der Waals surface area contributed by atoms with E-state index in [-0.39, 0.29) is 5.56 Å². The van der Waals surface area contributed by atoms with Crippen LogP contribution >= 0.6 is 0 Å². The molecule has 0 aliphatic rings. The number of aryl methyl sites for hydroxylation is 1. The van der Waals surface area contributed by atoms with E-state index in [1.807, 2.05) is 31.2 Å². The van der Waals surface area contributed by atoms with E-state index >= 15 is 0 Å². The fraction of sp³-hybridized carbons (Fsp3) is 0.182. The highest BCUT2D eigenvalue weighted by Crippen LogP contribution is 2.34. The van der Waals surface area contributed by atoms with Crippen LogP contribution in [0.2, 0.25) is 0 Å². The van der Waals surface area contributed by atoms with Crippen LogP contribution in [0.5, 0.6) is 5.75 Å². The highest BCUT2D eigenvalue weighted by atomic mass is 19.4. The zero-order chi connectivity index (χ0) is 21.2. The number of hydrogen-bond donors (Lipinski definition) is 0. The van der Waals surface area contributed by atoms with E-state index < -0.39 is 41.5 Å². The molecule has 0 aliphatic carbocycles. The Labute approximate surface area is 163 Å². The molecule has 3 rings (SSSR count). The van der Waals surface area contributed by atoms with Crippen LogP contribution in [-0.4, -0.2) is 12.8 Å². The number of alkyl halides is 3. The highest BCUT2D eigenvalue weighted by Gasteiger charge is 2.29. The van der Waals surface area contributed by atoms with Crippen molar-refractivity contribution in [3.05, 3.63) is 77.6 Å². The summed E-state index contributed by atoms with van der Waals surface area (Å²) in [6.07, 6.45) is -3.83. The summed E-state index contributed by atoms with van der Waals surface area (Å²) >= 11 is 0. The largest absolute Gasteiger partial charge is 0.481 e. The normalized spacial score (nSPS) is 11.6. The van der Waals surface area contributed by atoms with E-state index in [1.54, 1.807) is 6.07 Å². The topological polar surface area (TPSA) is 9.23 Å². The first kappa shape index (κ1) is 20.8. The lowest BCUT2D eigenvalue weighted by Gasteiger charge is -2.13. The summed E-state index contributed by atoms with van der Waals surface area (Å²) in [6.45, 7) is 0.249. The Morgan fingerprint density at radius 1 is 0.759 bits per heavy atom. The summed E-state index contributed by atoms with van der Waals surface area (Å²) in [5.74, 6) is -4.77. The van der Waals surface area contributed by atoms with Crippen molar-refractivity contribution in [2.45, 2.75) is 19.5 Å². The summed E-state index contributed by atoms with van der Waals surface area (Å²) in [4.78, 5) is 0. The van der Waals surface area contributed by atoms with Gasteiger partial charge in [-0.3, -0.25) is 0 Å². The van der Waals surface area contributed by atoms with Crippen molar-refractivity contribution in [3.8, 4) is 28.0 Å². The first-order chi connectivity index (χ1) is 13.7. The number of ether oxygens (including phenoxy) is 1. The van der Waals surface area contributed by atoms with Gasteiger partial charge in [-0.1, -0.05) is 43.3 Å². The molecule has 152 valence electrons. The Kier molecular flexibility index (Phi) is 5.86. The fourth-order valence-electron chi connectivity index (χ4n) is 2.86. The van der Waals surface area contributed by atoms with E-state index in [1.165, 1.54) is 12.1 Å². The molecule has 3 aromatic carbocycles. The maximum Gasteiger partial charge on any atom is 0.422 e. The maximum atomic E-state index is 14.6. The van der Waals surface area contributed by atoms with Gasteiger partial charge in [0.05, 0.1) is 0 Å². The minimum absolute atomic E-state index is 0.210. The Morgan fingerprint density at radius 3 is 1.97 bits per heavy atom. The van der Waals surface area contributed by atoms with Crippen molar-refractivity contribution in [3.63, 3.8) is 0 Å². The summed E-state index contributed by atoms with van der Waals surface area (Å²) in [7, 11) is 0. The van der Waals surface area contributed by atoms with Crippen LogP contribution in [0.25, 0.3) is 22.3 Å². The van der Waals surface area contributed by atoms with Crippen molar-refractivity contribution in [2.75, 3.05) is 6.61 Å². The molecule has 1 nitrogen and oxygen atoms in total. The van der Waals surface area contributed by atoms with Crippen LogP contribution in [0.4, 0.5) is 26.3 Å². The van der Waals surface area contributed by atoms with Gasteiger partial charge in [0.15, 0.2) is 18.2 Å². The number of hydrogen-bond acceptors (Lipinski definition) is 1. The summed E-state index contributed by atoms with van der Waals surface area (Å²) < 4.78 is 83.9.